The molecule has 0 radical (unpaired) electrons. The van der Waals surface area contributed by atoms with Gasteiger partial charge in [0, 0.05) is 36.5 Å². The van der Waals surface area contributed by atoms with Crippen LogP contribution >= 0.6 is 0 Å². The minimum Gasteiger partial charge on any atom is -0.490 e. The standard InChI is InChI=1S/C31H37FN2O6/c1-18-13-21(32)14-19(2)29(18)40-26-12-7-20(31(3,4)37)15-24(26)25-17-34(5)28(35)16-27(25)39-23-10-8-22(9-11-23)33-30(36)38-6/h7,12-17,22-23,37H,8-11H2,1-6H3,(H,33,36)/t22-,23-. The molecule has 1 heterocycles. The number of pyridine rings is 1. The molecule has 0 saturated heterocycles. The summed E-state index contributed by atoms with van der Waals surface area (Å²) >= 11 is 0. The van der Waals surface area contributed by atoms with Crippen LogP contribution in [-0.2, 0) is 17.4 Å². The molecule has 40 heavy (non-hydrogen) atoms. The summed E-state index contributed by atoms with van der Waals surface area (Å²) in [5, 5.41) is 13.6. The van der Waals surface area contributed by atoms with Gasteiger partial charge in [-0.25, -0.2) is 9.18 Å². The first kappa shape index (κ1) is 29.1. The molecule has 1 aliphatic carbocycles. The fraction of sp³-hybridized carbons (Fsp3) is 0.419. The molecule has 0 aliphatic heterocycles. The van der Waals surface area contributed by atoms with Gasteiger partial charge < -0.3 is 29.2 Å². The number of amides is 1. The molecule has 0 spiro atoms. The largest absolute Gasteiger partial charge is 0.490 e. The molecule has 1 fully saturated rings. The summed E-state index contributed by atoms with van der Waals surface area (Å²) < 4.78 is 33.0. The van der Waals surface area contributed by atoms with E-state index < -0.39 is 11.7 Å². The SMILES string of the molecule is COC(=O)N[C@H]1CC[C@H](Oc2cc(=O)n(C)cc2-c2cc(C(C)(C)O)ccc2Oc2c(C)cc(F)cc2C)CC1. The first-order valence-electron chi connectivity index (χ1n) is 13.4. The van der Waals surface area contributed by atoms with E-state index in [2.05, 4.69) is 5.32 Å². The molecule has 3 aromatic rings. The number of benzene rings is 2. The van der Waals surface area contributed by atoms with Gasteiger partial charge in [0.15, 0.2) is 0 Å². The van der Waals surface area contributed by atoms with Gasteiger partial charge in [-0.1, -0.05) is 6.07 Å². The van der Waals surface area contributed by atoms with E-state index in [1.807, 2.05) is 6.07 Å². The molecule has 0 atom stereocenters. The first-order valence-corrected chi connectivity index (χ1v) is 13.4. The van der Waals surface area contributed by atoms with Crippen LogP contribution in [0.2, 0.25) is 0 Å². The third kappa shape index (κ3) is 6.65. The summed E-state index contributed by atoms with van der Waals surface area (Å²) in [7, 11) is 3.00. The highest BCUT2D eigenvalue weighted by molar-refractivity contribution is 5.76. The summed E-state index contributed by atoms with van der Waals surface area (Å²) in [4.78, 5) is 24.3. The molecule has 1 aliphatic rings. The van der Waals surface area contributed by atoms with Crippen LogP contribution in [0.3, 0.4) is 0 Å². The average Bonchev–Trinajstić information content (AvgIpc) is 2.88. The fourth-order valence-corrected chi connectivity index (χ4v) is 5.02. The van der Waals surface area contributed by atoms with E-state index in [1.54, 1.807) is 53.1 Å². The highest BCUT2D eigenvalue weighted by Gasteiger charge is 2.27. The van der Waals surface area contributed by atoms with Crippen molar-refractivity contribution in [3.8, 4) is 28.4 Å². The molecule has 1 aromatic heterocycles. The number of nitrogens with zero attached hydrogens (tertiary/aromatic N) is 1. The number of aliphatic hydroxyl groups is 1. The maximum absolute atomic E-state index is 14.0. The number of alkyl carbamates (subject to hydrolysis) is 1. The van der Waals surface area contributed by atoms with Crippen molar-refractivity contribution in [2.75, 3.05) is 7.11 Å². The number of hydrogen-bond acceptors (Lipinski definition) is 6. The van der Waals surface area contributed by atoms with Crippen molar-refractivity contribution in [3.05, 3.63) is 75.5 Å². The number of aromatic nitrogens is 1. The predicted molar refractivity (Wildman–Crippen MR) is 151 cm³/mol. The number of halogens is 1. The predicted octanol–water partition coefficient (Wildman–Crippen LogP) is 5.87. The van der Waals surface area contributed by atoms with Crippen LogP contribution in [0.4, 0.5) is 9.18 Å². The Morgan fingerprint density at radius 1 is 1.02 bits per heavy atom. The van der Waals surface area contributed by atoms with E-state index in [-0.39, 0.29) is 23.5 Å². The Morgan fingerprint density at radius 2 is 1.68 bits per heavy atom. The van der Waals surface area contributed by atoms with Crippen LogP contribution in [0.1, 0.15) is 56.2 Å². The van der Waals surface area contributed by atoms with Crippen LogP contribution in [0, 0.1) is 19.7 Å². The molecular formula is C31H37FN2O6. The fourth-order valence-electron chi connectivity index (χ4n) is 5.02. The van der Waals surface area contributed by atoms with Crippen molar-refractivity contribution in [1.29, 1.82) is 0 Å². The van der Waals surface area contributed by atoms with Crippen LogP contribution < -0.4 is 20.3 Å². The monoisotopic (exact) mass is 552 g/mol. The van der Waals surface area contributed by atoms with Crippen LogP contribution in [0.15, 0.2) is 47.4 Å². The second-order valence-electron chi connectivity index (χ2n) is 11.0. The topological polar surface area (TPSA) is 99.0 Å². The smallest absolute Gasteiger partial charge is 0.407 e. The van der Waals surface area contributed by atoms with Gasteiger partial charge in [0.05, 0.1) is 18.8 Å². The lowest BCUT2D eigenvalue weighted by atomic mass is 9.92. The lowest BCUT2D eigenvalue weighted by Gasteiger charge is -2.30. The number of carbonyl (C=O) groups is 1. The number of nitrogens with one attached hydrogen (secondary N) is 1. The van der Waals surface area contributed by atoms with Crippen molar-refractivity contribution in [3.63, 3.8) is 0 Å². The van der Waals surface area contributed by atoms with Crippen LogP contribution in [0.5, 0.6) is 17.2 Å². The highest BCUT2D eigenvalue weighted by Crippen LogP contribution is 2.42. The molecule has 2 aromatic carbocycles. The minimum atomic E-state index is -1.14. The Labute approximate surface area is 233 Å². The van der Waals surface area contributed by atoms with Gasteiger partial charge in [0.25, 0.3) is 5.56 Å². The summed E-state index contributed by atoms with van der Waals surface area (Å²) in [6.07, 6.45) is 3.88. The number of carbonyl (C=O) groups excluding carboxylic acids is 1. The van der Waals surface area contributed by atoms with Crippen LogP contribution in [-0.4, -0.2) is 35.0 Å². The number of methoxy groups -OCH3 is 1. The number of rotatable bonds is 7. The molecule has 2 N–H and O–H groups in total. The van der Waals surface area contributed by atoms with Crippen LogP contribution in [0.25, 0.3) is 11.1 Å². The first-order chi connectivity index (χ1) is 18.8. The second kappa shape index (κ2) is 11.7. The third-order valence-electron chi connectivity index (χ3n) is 7.28. The van der Waals surface area contributed by atoms with E-state index >= 15 is 0 Å². The maximum Gasteiger partial charge on any atom is 0.407 e. The van der Waals surface area contributed by atoms with Gasteiger partial charge >= 0.3 is 6.09 Å². The molecule has 0 unspecified atom stereocenters. The number of hydrogen-bond donors (Lipinski definition) is 2. The molecule has 214 valence electrons. The van der Waals surface area contributed by atoms with Gasteiger partial charge in [0.2, 0.25) is 0 Å². The zero-order chi connectivity index (χ0) is 29.2. The van der Waals surface area contributed by atoms with Crippen molar-refractivity contribution in [2.45, 2.75) is 71.1 Å². The van der Waals surface area contributed by atoms with Crippen molar-refractivity contribution in [1.82, 2.24) is 9.88 Å². The zero-order valence-electron chi connectivity index (χ0n) is 23.8. The average molecular weight is 553 g/mol. The molecule has 4 rings (SSSR count). The van der Waals surface area contributed by atoms with E-state index in [0.717, 1.165) is 0 Å². The Hall–Kier alpha value is -3.85. The van der Waals surface area contributed by atoms with Gasteiger partial charge in [-0.2, -0.15) is 0 Å². The third-order valence-corrected chi connectivity index (χ3v) is 7.28. The van der Waals surface area contributed by atoms with Crippen molar-refractivity contribution >= 4 is 6.09 Å². The lowest BCUT2D eigenvalue weighted by Crippen LogP contribution is -2.39. The summed E-state index contributed by atoms with van der Waals surface area (Å²) in [6.45, 7) is 6.95. The van der Waals surface area contributed by atoms with Crippen molar-refractivity contribution < 1.29 is 28.5 Å². The van der Waals surface area contributed by atoms with E-state index in [4.69, 9.17) is 14.2 Å². The minimum absolute atomic E-state index is 0.000992. The Morgan fingerprint density at radius 3 is 2.27 bits per heavy atom. The number of ether oxygens (including phenoxy) is 3. The summed E-state index contributed by atoms with van der Waals surface area (Å²) in [6, 6.07) is 9.67. The van der Waals surface area contributed by atoms with Gasteiger partial charge in [-0.3, -0.25) is 4.79 Å². The summed E-state index contributed by atoms with van der Waals surface area (Å²) in [5.41, 5.74) is 1.81. The normalized spacial score (nSPS) is 17.3. The molecular weight excluding hydrogens is 515 g/mol. The Kier molecular flexibility index (Phi) is 8.54. The summed E-state index contributed by atoms with van der Waals surface area (Å²) in [5.74, 6) is 1.06. The van der Waals surface area contributed by atoms with E-state index in [9.17, 15) is 19.1 Å². The highest BCUT2D eigenvalue weighted by atomic mass is 19.1. The van der Waals surface area contributed by atoms with Crippen molar-refractivity contribution in [2.24, 2.45) is 7.05 Å². The molecule has 9 heteroatoms. The lowest BCUT2D eigenvalue weighted by molar-refractivity contribution is 0.0786. The quantitative estimate of drug-likeness (QED) is 0.380. The van der Waals surface area contributed by atoms with E-state index in [0.29, 0.717) is 70.7 Å². The van der Waals surface area contributed by atoms with Gasteiger partial charge in [-0.05, 0) is 94.3 Å². The zero-order valence-corrected chi connectivity index (χ0v) is 23.8. The molecule has 8 nitrogen and oxygen atoms in total. The number of aryl methyl sites for hydroxylation is 3. The van der Waals surface area contributed by atoms with Gasteiger partial charge in [0.1, 0.15) is 23.1 Å². The molecule has 0 bridgehead atoms. The molecule has 1 saturated carbocycles. The Balaban J connectivity index is 1.74. The molecule has 1 amide bonds. The van der Waals surface area contributed by atoms with E-state index in [1.165, 1.54) is 29.9 Å². The maximum atomic E-state index is 14.0. The van der Waals surface area contributed by atoms with Gasteiger partial charge in [-0.15, -0.1) is 0 Å². The Bertz CT molecular complexity index is 1430. The second-order valence-corrected chi connectivity index (χ2v) is 11.0.